The smallest absolute Gasteiger partial charge is 0.123 e. The van der Waals surface area contributed by atoms with Crippen molar-refractivity contribution in [2.45, 2.75) is 31.8 Å². The summed E-state index contributed by atoms with van der Waals surface area (Å²) in [6, 6.07) is 8.50. The fourth-order valence-electron chi connectivity index (χ4n) is 2.65. The van der Waals surface area contributed by atoms with Crippen molar-refractivity contribution < 1.29 is 4.74 Å². The molecule has 0 aromatic heterocycles. The summed E-state index contributed by atoms with van der Waals surface area (Å²) in [5.41, 5.74) is 7.38. The van der Waals surface area contributed by atoms with Crippen molar-refractivity contribution >= 4 is 0 Å². The lowest BCUT2D eigenvalue weighted by Crippen LogP contribution is -2.38. The van der Waals surface area contributed by atoms with Gasteiger partial charge >= 0.3 is 0 Å². The number of ether oxygens (including phenoxy) is 1. The number of nitrogens with zero attached hydrogens (tertiary/aromatic N) is 1. The van der Waals surface area contributed by atoms with E-state index in [-0.39, 0.29) is 12.1 Å². The molecule has 1 fully saturated rings. The molecule has 0 amide bonds. The molecule has 3 heteroatoms. The van der Waals surface area contributed by atoms with Crippen LogP contribution in [0.2, 0.25) is 0 Å². The van der Waals surface area contributed by atoms with Crippen LogP contribution in [0.15, 0.2) is 24.3 Å². The predicted octanol–water partition coefficient (Wildman–Crippen LogP) is 2.43. The molecule has 0 radical (unpaired) electrons. The lowest BCUT2D eigenvalue weighted by molar-refractivity contribution is 0.206. The fourth-order valence-corrected chi connectivity index (χ4v) is 2.65. The first-order chi connectivity index (χ1) is 8.63. The van der Waals surface area contributed by atoms with Gasteiger partial charge in [-0.15, -0.1) is 0 Å². The SMILES string of the molecule is COc1ccccc1C(C(C)N)N(C)CC1CC1. The highest BCUT2D eigenvalue weighted by Crippen LogP contribution is 2.35. The number of methoxy groups -OCH3 is 1. The predicted molar refractivity (Wildman–Crippen MR) is 74.7 cm³/mol. The average Bonchev–Trinajstić information content (AvgIpc) is 3.13. The van der Waals surface area contributed by atoms with Gasteiger partial charge in [-0.25, -0.2) is 0 Å². The summed E-state index contributed by atoms with van der Waals surface area (Å²) in [6.45, 7) is 3.20. The van der Waals surface area contributed by atoms with Crippen molar-refractivity contribution in [1.82, 2.24) is 4.90 Å². The van der Waals surface area contributed by atoms with E-state index in [4.69, 9.17) is 10.5 Å². The highest BCUT2D eigenvalue weighted by molar-refractivity contribution is 5.36. The molecule has 0 spiro atoms. The van der Waals surface area contributed by atoms with Crippen molar-refractivity contribution in [3.63, 3.8) is 0 Å². The third kappa shape index (κ3) is 3.03. The van der Waals surface area contributed by atoms with E-state index in [2.05, 4.69) is 31.0 Å². The molecule has 0 saturated heterocycles. The second kappa shape index (κ2) is 5.72. The van der Waals surface area contributed by atoms with Gasteiger partial charge in [-0.3, -0.25) is 4.90 Å². The highest BCUT2D eigenvalue weighted by Gasteiger charge is 2.29. The van der Waals surface area contributed by atoms with Crippen molar-refractivity contribution in [3.8, 4) is 5.75 Å². The Kier molecular flexibility index (Phi) is 4.25. The summed E-state index contributed by atoms with van der Waals surface area (Å²) in [7, 11) is 3.89. The Morgan fingerprint density at radius 3 is 2.61 bits per heavy atom. The molecule has 2 unspecified atom stereocenters. The minimum atomic E-state index is 0.0880. The minimum Gasteiger partial charge on any atom is -0.496 e. The van der Waals surface area contributed by atoms with Gasteiger partial charge in [-0.1, -0.05) is 18.2 Å². The number of rotatable bonds is 6. The maximum absolute atomic E-state index is 6.19. The van der Waals surface area contributed by atoms with Gasteiger partial charge in [-0.2, -0.15) is 0 Å². The van der Waals surface area contributed by atoms with Crippen LogP contribution in [-0.4, -0.2) is 31.6 Å². The number of hydrogen-bond acceptors (Lipinski definition) is 3. The third-order valence-electron chi connectivity index (χ3n) is 3.67. The van der Waals surface area contributed by atoms with Crippen LogP contribution in [0.25, 0.3) is 0 Å². The normalized spacial score (nSPS) is 18.7. The summed E-state index contributed by atoms with van der Waals surface area (Å²) in [5.74, 6) is 1.80. The molecule has 1 aromatic rings. The molecule has 0 aliphatic heterocycles. The molecule has 100 valence electrons. The van der Waals surface area contributed by atoms with Crippen LogP contribution in [0, 0.1) is 5.92 Å². The van der Waals surface area contributed by atoms with Crippen LogP contribution in [0.4, 0.5) is 0 Å². The van der Waals surface area contributed by atoms with Gasteiger partial charge in [0.15, 0.2) is 0 Å². The third-order valence-corrected chi connectivity index (χ3v) is 3.67. The molecular weight excluding hydrogens is 224 g/mol. The number of benzene rings is 1. The first-order valence-electron chi connectivity index (χ1n) is 6.72. The Morgan fingerprint density at radius 2 is 2.06 bits per heavy atom. The van der Waals surface area contributed by atoms with Crippen molar-refractivity contribution in [2.24, 2.45) is 11.7 Å². The molecule has 3 nitrogen and oxygen atoms in total. The number of hydrogen-bond donors (Lipinski definition) is 1. The Balaban J connectivity index is 2.22. The molecule has 1 aromatic carbocycles. The number of nitrogens with two attached hydrogens (primary N) is 1. The van der Waals surface area contributed by atoms with Gasteiger partial charge in [-0.05, 0) is 38.8 Å². The molecule has 0 bridgehead atoms. The minimum absolute atomic E-state index is 0.0880. The van der Waals surface area contributed by atoms with E-state index < -0.39 is 0 Å². The molecule has 1 aliphatic carbocycles. The fraction of sp³-hybridized carbons (Fsp3) is 0.600. The second-order valence-electron chi connectivity index (χ2n) is 5.43. The molecular formula is C15H24N2O. The van der Waals surface area contributed by atoms with Crippen LogP contribution in [0.1, 0.15) is 31.4 Å². The van der Waals surface area contributed by atoms with E-state index in [1.165, 1.54) is 18.4 Å². The topological polar surface area (TPSA) is 38.5 Å². The van der Waals surface area contributed by atoms with Crippen molar-refractivity contribution in [3.05, 3.63) is 29.8 Å². The van der Waals surface area contributed by atoms with E-state index in [1.54, 1.807) is 7.11 Å². The Labute approximate surface area is 110 Å². The zero-order valence-electron chi connectivity index (χ0n) is 11.6. The maximum atomic E-state index is 6.19. The molecule has 1 aliphatic rings. The van der Waals surface area contributed by atoms with Gasteiger partial charge in [0.2, 0.25) is 0 Å². The lowest BCUT2D eigenvalue weighted by atomic mass is 9.98. The molecule has 2 rings (SSSR count). The Hall–Kier alpha value is -1.06. The van der Waals surface area contributed by atoms with E-state index in [9.17, 15) is 0 Å². The summed E-state index contributed by atoms with van der Waals surface area (Å²) < 4.78 is 5.47. The zero-order valence-corrected chi connectivity index (χ0v) is 11.6. The summed E-state index contributed by atoms with van der Waals surface area (Å²) in [6.07, 6.45) is 2.73. The van der Waals surface area contributed by atoms with Gasteiger partial charge in [0, 0.05) is 18.2 Å². The maximum Gasteiger partial charge on any atom is 0.123 e. The van der Waals surface area contributed by atoms with Gasteiger partial charge in [0.25, 0.3) is 0 Å². The van der Waals surface area contributed by atoms with Crippen molar-refractivity contribution in [2.75, 3.05) is 20.7 Å². The molecule has 18 heavy (non-hydrogen) atoms. The first kappa shape index (κ1) is 13.4. The monoisotopic (exact) mass is 248 g/mol. The van der Waals surface area contributed by atoms with Crippen LogP contribution in [0.3, 0.4) is 0 Å². The first-order valence-corrected chi connectivity index (χ1v) is 6.72. The van der Waals surface area contributed by atoms with Crippen LogP contribution in [-0.2, 0) is 0 Å². The zero-order chi connectivity index (χ0) is 13.1. The quantitative estimate of drug-likeness (QED) is 0.840. The molecule has 1 saturated carbocycles. The molecule has 0 heterocycles. The lowest BCUT2D eigenvalue weighted by Gasteiger charge is -2.32. The number of para-hydroxylation sites is 1. The van der Waals surface area contributed by atoms with Crippen LogP contribution < -0.4 is 10.5 Å². The van der Waals surface area contributed by atoms with E-state index in [1.807, 2.05) is 12.1 Å². The summed E-state index contributed by atoms with van der Waals surface area (Å²) >= 11 is 0. The number of likely N-dealkylation sites (N-methyl/N-ethyl adjacent to an activating group) is 1. The Bertz CT molecular complexity index is 388. The van der Waals surface area contributed by atoms with Crippen LogP contribution >= 0.6 is 0 Å². The summed E-state index contributed by atoms with van der Waals surface area (Å²) in [5, 5.41) is 0. The Morgan fingerprint density at radius 1 is 1.39 bits per heavy atom. The van der Waals surface area contributed by atoms with E-state index >= 15 is 0 Å². The second-order valence-corrected chi connectivity index (χ2v) is 5.43. The summed E-state index contributed by atoms with van der Waals surface area (Å²) in [4.78, 5) is 2.38. The van der Waals surface area contributed by atoms with E-state index in [0.717, 1.165) is 18.2 Å². The van der Waals surface area contributed by atoms with Gasteiger partial charge in [0.1, 0.15) is 5.75 Å². The van der Waals surface area contributed by atoms with Crippen LogP contribution in [0.5, 0.6) is 5.75 Å². The van der Waals surface area contributed by atoms with Crippen molar-refractivity contribution in [1.29, 1.82) is 0 Å². The average molecular weight is 248 g/mol. The molecule has 2 N–H and O–H groups in total. The largest absolute Gasteiger partial charge is 0.496 e. The molecule has 2 atom stereocenters. The highest BCUT2D eigenvalue weighted by atomic mass is 16.5. The van der Waals surface area contributed by atoms with Gasteiger partial charge < -0.3 is 10.5 Å². The van der Waals surface area contributed by atoms with Gasteiger partial charge in [0.05, 0.1) is 13.2 Å². The standard InChI is InChI=1S/C15H24N2O/c1-11(16)15(17(2)10-12-8-9-12)13-6-4-5-7-14(13)18-3/h4-7,11-12,15H,8-10,16H2,1-3H3. The van der Waals surface area contributed by atoms with E-state index in [0.29, 0.717) is 0 Å².